The second kappa shape index (κ2) is 17.7. The first-order valence-corrected chi connectivity index (χ1v) is 6.42. The summed E-state index contributed by atoms with van der Waals surface area (Å²) >= 11 is 0. The Morgan fingerprint density at radius 2 is 1.76 bits per heavy atom. The first kappa shape index (κ1) is 18.7. The van der Waals surface area contributed by atoms with E-state index in [1.54, 1.807) is 6.92 Å². The number of nitrogens with two attached hydrogens (primary N) is 1. The zero-order valence-electron chi connectivity index (χ0n) is 11.2. The van der Waals surface area contributed by atoms with Crippen LogP contribution in [0.3, 0.4) is 0 Å². The van der Waals surface area contributed by atoms with Gasteiger partial charge in [0.15, 0.2) is 0 Å². The monoisotopic (exact) mass is 248 g/mol. The van der Waals surface area contributed by atoms with Crippen molar-refractivity contribution in [1.29, 1.82) is 0 Å². The number of hydrazine groups is 1. The van der Waals surface area contributed by atoms with Crippen molar-refractivity contribution in [1.82, 2.24) is 5.43 Å². The molecule has 0 spiro atoms. The minimum absolute atomic E-state index is 0.333. The third kappa shape index (κ3) is 21.2. The molecule has 0 saturated carbocycles. The molecule has 0 aliphatic rings. The highest BCUT2D eigenvalue weighted by atomic mass is 16.5. The third-order valence-electron chi connectivity index (χ3n) is 2.11. The Balaban J connectivity index is 0. The summed E-state index contributed by atoms with van der Waals surface area (Å²) in [5.74, 6) is 4.55. The Bertz CT molecular complexity index is 147. The van der Waals surface area contributed by atoms with Gasteiger partial charge in [-0.05, 0) is 13.3 Å². The summed E-state index contributed by atoms with van der Waals surface area (Å²) < 4.78 is 4.30. The molecule has 0 aliphatic heterocycles. The van der Waals surface area contributed by atoms with E-state index in [-0.39, 0.29) is 0 Å². The Kier molecular flexibility index (Phi) is 19.5. The van der Waals surface area contributed by atoms with Crippen LogP contribution >= 0.6 is 0 Å². The summed E-state index contributed by atoms with van der Waals surface area (Å²) in [5.41, 5.74) is 2.66. The van der Waals surface area contributed by atoms with Gasteiger partial charge in [0.05, 0.1) is 6.61 Å². The molecule has 5 heteroatoms. The number of ether oxygens (including phenoxy) is 1. The van der Waals surface area contributed by atoms with Gasteiger partial charge in [-0.25, -0.2) is 4.79 Å². The molecule has 0 aromatic rings. The normalized spacial score (nSPS) is 9.41. The van der Waals surface area contributed by atoms with E-state index >= 15 is 0 Å². The molecule has 0 rings (SSSR count). The fourth-order valence-electron chi connectivity index (χ4n) is 1.21. The van der Waals surface area contributed by atoms with E-state index in [4.69, 9.17) is 10.9 Å². The van der Waals surface area contributed by atoms with E-state index < -0.39 is 12.6 Å². The van der Waals surface area contributed by atoms with Gasteiger partial charge in [-0.15, -0.1) is 0 Å². The maximum atomic E-state index is 9.94. The van der Waals surface area contributed by atoms with Crippen LogP contribution in [0.1, 0.15) is 52.4 Å². The lowest BCUT2D eigenvalue weighted by molar-refractivity contribution is -0.146. The van der Waals surface area contributed by atoms with Crippen LogP contribution in [0.2, 0.25) is 0 Å². The second-order valence-electron chi connectivity index (χ2n) is 3.69. The van der Waals surface area contributed by atoms with Gasteiger partial charge in [0.25, 0.3) is 0 Å². The molecule has 0 amide bonds. The molecule has 0 heterocycles. The minimum atomic E-state index is -0.567. The predicted molar refractivity (Wildman–Crippen MR) is 69.3 cm³/mol. The first-order valence-electron chi connectivity index (χ1n) is 6.42. The highest BCUT2D eigenvalue weighted by molar-refractivity contribution is 5.70. The van der Waals surface area contributed by atoms with E-state index in [2.05, 4.69) is 17.1 Å². The summed E-state index contributed by atoms with van der Waals surface area (Å²) in [7, 11) is 0. The van der Waals surface area contributed by atoms with Gasteiger partial charge in [0.2, 0.25) is 0 Å². The van der Waals surface area contributed by atoms with Crippen LogP contribution in [0.5, 0.6) is 0 Å². The Morgan fingerprint density at radius 3 is 2.18 bits per heavy atom. The molecular weight excluding hydrogens is 220 g/mol. The zero-order valence-corrected chi connectivity index (χ0v) is 11.2. The van der Waals surface area contributed by atoms with Crippen LogP contribution in [0.25, 0.3) is 0 Å². The smallest absolute Gasteiger partial charge is 0.331 e. The Labute approximate surface area is 105 Å². The van der Waals surface area contributed by atoms with Crippen molar-refractivity contribution >= 4 is 5.97 Å². The highest BCUT2D eigenvalue weighted by Crippen LogP contribution is 2.03. The van der Waals surface area contributed by atoms with Crippen LogP contribution in [0.4, 0.5) is 0 Å². The lowest BCUT2D eigenvalue weighted by Gasteiger charge is -1.98. The van der Waals surface area contributed by atoms with Gasteiger partial charge in [-0.3, -0.25) is 11.3 Å². The molecule has 5 nitrogen and oxygen atoms in total. The minimum Gasteiger partial charge on any atom is -0.464 e. The van der Waals surface area contributed by atoms with Crippen LogP contribution in [0.15, 0.2) is 0 Å². The molecular formula is C12H28N2O3. The molecule has 0 aromatic carbocycles. The highest BCUT2D eigenvalue weighted by Gasteiger charge is 1.92. The predicted octanol–water partition coefficient (Wildman–Crippen LogP) is 1.35. The van der Waals surface area contributed by atoms with Gasteiger partial charge in [0, 0.05) is 6.54 Å². The molecule has 0 radical (unpaired) electrons. The molecule has 0 atom stereocenters. The van der Waals surface area contributed by atoms with Crippen molar-refractivity contribution in [3.63, 3.8) is 0 Å². The number of nitrogens with one attached hydrogen (secondary N) is 1. The van der Waals surface area contributed by atoms with Crippen LogP contribution < -0.4 is 11.3 Å². The van der Waals surface area contributed by atoms with E-state index in [9.17, 15) is 4.79 Å². The van der Waals surface area contributed by atoms with Crippen LogP contribution in [0, 0.1) is 0 Å². The molecule has 104 valence electrons. The van der Waals surface area contributed by atoms with Crippen molar-refractivity contribution in [2.75, 3.05) is 19.8 Å². The summed E-state index contributed by atoms with van der Waals surface area (Å²) in [5, 5.41) is 7.99. The SMILES string of the molecule is CCCCCCCCNN.CCOC(=O)CO. The maximum absolute atomic E-state index is 9.94. The largest absolute Gasteiger partial charge is 0.464 e. The molecule has 0 aromatic heterocycles. The van der Waals surface area contributed by atoms with Gasteiger partial charge >= 0.3 is 5.97 Å². The molecule has 0 fully saturated rings. The van der Waals surface area contributed by atoms with Gasteiger partial charge < -0.3 is 9.84 Å². The standard InChI is InChI=1S/C8H20N2.C4H8O3/c1-2-3-4-5-6-7-8-10-9;1-2-7-4(6)3-5/h10H,2-9H2,1H3;5H,2-3H2,1H3. The molecule has 0 aliphatic carbocycles. The molecule has 0 bridgehead atoms. The van der Waals surface area contributed by atoms with E-state index in [1.807, 2.05) is 0 Å². The molecule has 0 unspecified atom stereocenters. The summed E-state index contributed by atoms with van der Waals surface area (Å²) in [6, 6.07) is 0. The quantitative estimate of drug-likeness (QED) is 0.248. The van der Waals surface area contributed by atoms with Crippen molar-refractivity contribution < 1.29 is 14.6 Å². The van der Waals surface area contributed by atoms with Crippen molar-refractivity contribution in [2.24, 2.45) is 5.84 Å². The van der Waals surface area contributed by atoms with E-state index in [1.165, 1.54) is 38.5 Å². The van der Waals surface area contributed by atoms with Gasteiger partial charge in [0.1, 0.15) is 6.61 Å². The van der Waals surface area contributed by atoms with Gasteiger partial charge in [-0.1, -0.05) is 39.0 Å². The van der Waals surface area contributed by atoms with Crippen molar-refractivity contribution in [3.05, 3.63) is 0 Å². The summed E-state index contributed by atoms with van der Waals surface area (Å²) in [6.07, 6.45) is 8.02. The number of rotatable bonds is 9. The maximum Gasteiger partial charge on any atom is 0.331 e. The van der Waals surface area contributed by atoms with E-state index in [0.717, 1.165) is 6.54 Å². The molecule has 4 N–H and O–H groups in total. The average molecular weight is 248 g/mol. The fraction of sp³-hybridized carbons (Fsp3) is 0.917. The number of aliphatic hydroxyl groups is 1. The number of carbonyl (C=O) groups is 1. The number of hydrogen-bond donors (Lipinski definition) is 3. The van der Waals surface area contributed by atoms with Crippen molar-refractivity contribution in [2.45, 2.75) is 52.4 Å². The van der Waals surface area contributed by atoms with E-state index in [0.29, 0.717) is 6.61 Å². The first-order chi connectivity index (χ1) is 8.22. The summed E-state index contributed by atoms with van der Waals surface area (Å²) in [4.78, 5) is 9.94. The lowest BCUT2D eigenvalue weighted by Crippen LogP contribution is -2.22. The number of hydrogen-bond acceptors (Lipinski definition) is 5. The van der Waals surface area contributed by atoms with Crippen molar-refractivity contribution in [3.8, 4) is 0 Å². The Morgan fingerprint density at radius 1 is 1.18 bits per heavy atom. The second-order valence-corrected chi connectivity index (χ2v) is 3.69. The summed E-state index contributed by atoms with van der Waals surface area (Å²) in [6.45, 7) is 4.70. The third-order valence-corrected chi connectivity index (χ3v) is 2.11. The molecule has 0 saturated heterocycles. The average Bonchev–Trinajstić information content (AvgIpc) is 2.35. The zero-order chi connectivity index (χ0) is 13.4. The van der Waals surface area contributed by atoms with Crippen LogP contribution in [-0.2, 0) is 9.53 Å². The number of esters is 1. The number of unbranched alkanes of at least 4 members (excludes halogenated alkanes) is 5. The van der Waals surface area contributed by atoms with Crippen LogP contribution in [-0.4, -0.2) is 30.8 Å². The fourth-order valence-corrected chi connectivity index (χ4v) is 1.21. The lowest BCUT2D eigenvalue weighted by atomic mass is 10.1. The number of carbonyl (C=O) groups excluding carboxylic acids is 1. The Hall–Kier alpha value is -0.650. The van der Waals surface area contributed by atoms with Gasteiger partial charge in [-0.2, -0.15) is 0 Å². The number of aliphatic hydroxyl groups excluding tert-OH is 1. The molecule has 17 heavy (non-hydrogen) atoms. The topological polar surface area (TPSA) is 84.6 Å².